The van der Waals surface area contributed by atoms with E-state index in [1.807, 2.05) is 23.1 Å². The molecule has 5 heteroatoms. The molecule has 3 rings (SSSR count). The molecule has 1 fully saturated rings. The van der Waals surface area contributed by atoms with Gasteiger partial charge in [-0.25, -0.2) is 4.98 Å². The standard InChI is InChI=1S/C17H23N3OS/c1-17(2)11-20(10-9-14(17)18)16(21)8-7-15-19-12-5-3-4-6-13(12)22-15/h3-6,14H,7-11,18H2,1-2H3. The monoisotopic (exact) mass is 317 g/mol. The highest BCUT2D eigenvalue weighted by Gasteiger charge is 2.35. The molecular weight excluding hydrogens is 294 g/mol. The first kappa shape index (κ1) is 15.4. The smallest absolute Gasteiger partial charge is 0.223 e. The summed E-state index contributed by atoms with van der Waals surface area (Å²) in [5.74, 6) is 0.222. The molecule has 0 aliphatic carbocycles. The Kier molecular flexibility index (Phi) is 4.19. The molecule has 22 heavy (non-hydrogen) atoms. The van der Waals surface area contributed by atoms with E-state index in [2.05, 4.69) is 24.9 Å². The van der Waals surface area contributed by atoms with Crippen LogP contribution in [0.1, 0.15) is 31.7 Å². The number of aromatic nitrogens is 1. The average molecular weight is 317 g/mol. The van der Waals surface area contributed by atoms with Gasteiger partial charge in [-0.15, -0.1) is 11.3 Å². The highest BCUT2D eigenvalue weighted by atomic mass is 32.1. The van der Waals surface area contributed by atoms with Crippen molar-refractivity contribution in [2.45, 2.75) is 39.2 Å². The first-order valence-corrected chi connectivity index (χ1v) is 8.65. The van der Waals surface area contributed by atoms with Gasteiger partial charge in [0.2, 0.25) is 5.91 Å². The van der Waals surface area contributed by atoms with E-state index in [1.54, 1.807) is 11.3 Å². The minimum absolute atomic E-state index is 0.00374. The number of thiazole rings is 1. The number of piperidine rings is 1. The number of nitrogens with two attached hydrogens (primary N) is 1. The fourth-order valence-corrected chi connectivity index (χ4v) is 3.95. The van der Waals surface area contributed by atoms with Crippen molar-refractivity contribution < 1.29 is 4.79 Å². The van der Waals surface area contributed by atoms with Crippen LogP contribution in [0.2, 0.25) is 0 Å². The predicted molar refractivity (Wildman–Crippen MR) is 90.9 cm³/mol. The number of benzene rings is 1. The Morgan fingerprint density at radius 3 is 2.95 bits per heavy atom. The van der Waals surface area contributed by atoms with Crippen LogP contribution in [0.4, 0.5) is 0 Å². The molecule has 0 spiro atoms. The highest BCUT2D eigenvalue weighted by Crippen LogP contribution is 2.28. The lowest BCUT2D eigenvalue weighted by Crippen LogP contribution is -2.54. The molecule has 1 atom stereocenters. The summed E-state index contributed by atoms with van der Waals surface area (Å²) in [5.41, 5.74) is 7.17. The van der Waals surface area contributed by atoms with Crippen LogP contribution in [0.15, 0.2) is 24.3 Å². The lowest BCUT2D eigenvalue weighted by molar-refractivity contribution is -0.134. The Morgan fingerprint density at radius 2 is 2.23 bits per heavy atom. The van der Waals surface area contributed by atoms with Crippen LogP contribution >= 0.6 is 11.3 Å². The third kappa shape index (κ3) is 3.15. The number of aryl methyl sites for hydroxylation is 1. The van der Waals surface area contributed by atoms with Gasteiger partial charge in [0.1, 0.15) is 0 Å². The number of amides is 1. The van der Waals surface area contributed by atoms with Crippen LogP contribution in [0, 0.1) is 5.41 Å². The minimum Gasteiger partial charge on any atom is -0.342 e. The van der Waals surface area contributed by atoms with E-state index in [9.17, 15) is 4.79 Å². The van der Waals surface area contributed by atoms with Gasteiger partial charge in [-0.1, -0.05) is 26.0 Å². The summed E-state index contributed by atoms with van der Waals surface area (Å²) >= 11 is 1.68. The number of hydrogen-bond donors (Lipinski definition) is 1. The summed E-state index contributed by atoms with van der Waals surface area (Å²) in [4.78, 5) is 19.0. The number of hydrogen-bond acceptors (Lipinski definition) is 4. The van der Waals surface area contributed by atoms with Gasteiger partial charge in [0, 0.05) is 32.0 Å². The Labute approximate surface area is 135 Å². The minimum atomic E-state index is 0.00374. The molecule has 1 aromatic heterocycles. The molecule has 1 aliphatic rings. The second-order valence-electron chi connectivity index (χ2n) is 6.77. The molecule has 4 nitrogen and oxygen atoms in total. The molecule has 1 aliphatic heterocycles. The molecule has 0 saturated carbocycles. The van der Waals surface area contributed by atoms with E-state index in [1.165, 1.54) is 4.70 Å². The van der Waals surface area contributed by atoms with Crippen LogP contribution in [-0.2, 0) is 11.2 Å². The normalized spacial score (nSPS) is 21.2. The van der Waals surface area contributed by atoms with Crippen LogP contribution in [-0.4, -0.2) is 34.9 Å². The third-order valence-electron chi connectivity index (χ3n) is 4.56. The summed E-state index contributed by atoms with van der Waals surface area (Å²) in [6.45, 7) is 5.82. The van der Waals surface area contributed by atoms with Crippen molar-refractivity contribution in [2.75, 3.05) is 13.1 Å². The van der Waals surface area contributed by atoms with Crippen molar-refractivity contribution in [3.63, 3.8) is 0 Å². The first-order chi connectivity index (χ1) is 10.5. The number of nitrogens with zero attached hydrogens (tertiary/aromatic N) is 2. The van der Waals surface area contributed by atoms with Crippen molar-refractivity contribution >= 4 is 27.5 Å². The molecule has 1 unspecified atom stereocenters. The van der Waals surface area contributed by atoms with E-state index in [0.29, 0.717) is 6.42 Å². The lowest BCUT2D eigenvalue weighted by Gasteiger charge is -2.42. The molecule has 2 heterocycles. The number of likely N-dealkylation sites (tertiary alicyclic amines) is 1. The van der Waals surface area contributed by atoms with Crippen LogP contribution in [0.25, 0.3) is 10.2 Å². The van der Waals surface area contributed by atoms with Crippen molar-refractivity contribution in [1.82, 2.24) is 9.88 Å². The summed E-state index contributed by atoms with van der Waals surface area (Å²) in [6, 6.07) is 8.30. The van der Waals surface area contributed by atoms with Gasteiger partial charge in [-0.05, 0) is 24.0 Å². The molecule has 118 valence electrons. The van der Waals surface area contributed by atoms with Crippen molar-refractivity contribution in [3.05, 3.63) is 29.3 Å². The fraction of sp³-hybridized carbons (Fsp3) is 0.529. The maximum Gasteiger partial charge on any atom is 0.223 e. The second kappa shape index (κ2) is 5.97. The second-order valence-corrected chi connectivity index (χ2v) is 7.89. The maximum absolute atomic E-state index is 12.4. The molecule has 1 aromatic carbocycles. The zero-order chi connectivity index (χ0) is 15.7. The summed E-state index contributed by atoms with van der Waals surface area (Å²) in [5, 5.41) is 1.04. The quantitative estimate of drug-likeness (QED) is 0.947. The van der Waals surface area contributed by atoms with Crippen LogP contribution < -0.4 is 5.73 Å². The van der Waals surface area contributed by atoms with Gasteiger partial charge >= 0.3 is 0 Å². The van der Waals surface area contributed by atoms with E-state index in [0.717, 1.165) is 36.5 Å². The van der Waals surface area contributed by atoms with Gasteiger partial charge in [0.05, 0.1) is 15.2 Å². The highest BCUT2D eigenvalue weighted by molar-refractivity contribution is 7.18. The maximum atomic E-state index is 12.4. The van der Waals surface area contributed by atoms with Gasteiger partial charge in [-0.2, -0.15) is 0 Å². The Bertz CT molecular complexity index is 646. The molecule has 0 radical (unpaired) electrons. The Morgan fingerprint density at radius 1 is 1.45 bits per heavy atom. The van der Waals surface area contributed by atoms with Gasteiger partial charge in [0.25, 0.3) is 0 Å². The number of rotatable bonds is 3. The fourth-order valence-electron chi connectivity index (χ4n) is 2.99. The zero-order valence-electron chi connectivity index (χ0n) is 13.2. The summed E-state index contributed by atoms with van der Waals surface area (Å²) in [7, 11) is 0. The summed E-state index contributed by atoms with van der Waals surface area (Å²) in [6.07, 6.45) is 2.15. The summed E-state index contributed by atoms with van der Waals surface area (Å²) < 4.78 is 1.19. The Balaban J connectivity index is 1.60. The topological polar surface area (TPSA) is 59.2 Å². The number of para-hydroxylation sites is 1. The van der Waals surface area contributed by atoms with Crippen molar-refractivity contribution in [1.29, 1.82) is 0 Å². The van der Waals surface area contributed by atoms with Gasteiger partial charge < -0.3 is 10.6 Å². The van der Waals surface area contributed by atoms with Crippen LogP contribution in [0.3, 0.4) is 0 Å². The lowest BCUT2D eigenvalue weighted by atomic mass is 9.79. The molecule has 0 bridgehead atoms. The number of carbonyl (C=O) groups is 1. The Hall–Kier alpha value is -1.46. The van der Waals surface area contributed by atoms with E-state index in [4.69, 9.17) is 5.73 Å². The van der Waals surface area contributed by atoms with E-state index >= 15 is 0 Å². The largest absolute Gasteiger partial charge is 0.342 e. The molecule has 2 aromatic rings. The average Bonchev–Trinajstić information content (AvgIpc) is 2.90. The zero-order valence-corrected chi connectivity index (χ0v) is 14.0. The van der Waals surface area contributed by atoms with Gasteiger partial charge in [0.15, 0.2) is 0 Å². The third-order valence-corrected chi connectivity index (χ3v) is 5.65. The van der Waals surface area contributed by atoms with Gasteiger partial charge in [-0.3, -0.25) is 4.79 Å². The molecular formula is C17H23N3OS. The van der Waals surface area contributed by atoms with E-state index < -0.39 is 0 Å². The number of fused-ring (bicyclic) bond motifs is 1. The first-order valence-electron chi connectivity index (χ1n) is 7.83. The molecule has 1 saturated heterocycles. The predicted octanol–water partition coefficient (Wildman–Crippen LogP) is 2.81. The SMILES string of the molecule is CC1(C)CN(C(=O)CCc2nc3ccccc3s2)CCC1N. The van der Waals surface area contributed by atoms with E-state index in [-0.39, 0.29) is 17.4 Å². The molecule has 1 amide bonds. The molecule has 2 N–H and O–H groups in total. The number of carbonyl (C=O) groups excluding carboxylic acids is 1. The van der Waals surface area contributed by atoms with Crippen LogP contribution in [0.5, 0.6) is 0 Å². The van der Waals surface area contributed by atoms with Crippen molar-refractivity contribution in [2.24, 2.45) is 11.1 Å². The van der Waals surface area contributed by atoms with Crippen molar-refractivity contribution in [3.8, 4) is 0 Å².